The molecular weight excluding hydrogens is 378 g/mol. The highest BCUT2D eigenvalue weighted by Gasteiger charge is 2.28. The van der Waals surface area contributed by atoms with Gasteiger partial charge in [0.1, 0.15) is 0 Å². The van der Waals surface area contributed by atoms with Gasteiger partial charge in [-0.1, -0.05) is 25.5 Å². The molecule has 1 heterocycles. The molecule has 0 saturated carbocycles. The van der Waals surface area contributed by atoms with Gasteiger partial charge in [0.05, 0.1) is 4.90 Å². The first-order valence-corrected chi connectivity index (χ1v) is 10.8. The summed E-state index contributed by atoms with van der Waals surface area (Å²) in [7, 11) is -3.49. The Morgan fingerprint density at radius 2 is 1.61 bits per heavy atom. The third kappa shape index (κ3) is 4.35. The highest BCUT2D eigenvalue weighted by atomic mass is 32.2. The van der Waals surface area contributed by atoms with Crippen molar-refractivity contribution >= 4 is 21.6 Å². The van der Waals surface area contributed by atoms with Crippen molar-refractivity contribution in [2.24, 2.45) is 0 Å². The highest BCUT2D eigenvalue weighted by molar-refractivity contribution is 7.89. The molecule has 1 aliphatic heterocycles. The second-order valence-corrected chi connectivity index (χ2v) is 8.71. The van der Waals surface area contributed by atoms with E-state index in [2.05, 4.69) is 11.8 Å². The minimum Gasteiger partial charge on any atom is -0.369 e. The van der Waals surface area contributed by atoms with Gasteiger partial charge in [0.25, 0.3) is 5.91 Å². The van der Waals surface area contributed by atoms with Gasteiger partial charge in [0.15, 0.2) is 0 Å². The molecule has 0 aliphatic carbocycles. The monoisotopic (exact) mass is 403 g/mol. The Morgan fingerprint density at radius 1 is 1.00 bits per heavy atom. The minimum absolute atomic E-state index is 0.333. The van der Waals surface area contributed by atoms with Gasteiger partial charge in [-0.3, -0.25) is 10.0 Å². The number of amides is 1. The highest BCUT2D eigenvalue weighted by Crippen LogP contribution is 2.22. The van der Waals surface area contributed by atoms with Crippen LogP contribution < -0.4 is 10.4 Å². The molecule has 8 heteroatoms. The predicted octanol–water partition coefficient (Wildman–Crippen LogP) is 2.27. The lowest BCUT2D eigenvalue weighted by atomic mass is 10.1. The Labute approximate surface area is 165 Å². The van der Waals surface area contributed by atoms with Gasteiger partial charge in [0.2, 0.25) is 10.0 Å². The Hall–Kier alpha value is -2.42. The van der Waals surface area contributed by atoms with Crippen LogP contribution in [0, 0.1) is 0 Å². The number of benzene rings is 2. The number of nitrogens with one attached hydrogen (secondary N) is 1. The number of hydrogen-bond donors (Lipinski definition) is 2. The lowest BCUT2D eigenvalue weighted by Gasteiger charge is -2.35. The van der Waals surface area contributed by atoms with Crippen LogP contribution in [0.5, 0.6) is 0 Å². The summed E-state index contributed by atoms with van der Waals surface area (Å²) in [6.45, 7) is 4.03. The first-order chi connectivity index (χ1) is 13.5. The van der Waals surface area contributed by atoms with E-state index in [0.29, 0.717) is 36.6 Å². The number of piperazine rings is 1. The maximum atomic E-state index is 12.9. The van der Waals surface area contributed by atoms with E-state index in [1.807, 2.05) is 12.1 Å². The van der Waals surface area contributed by atoms with Crippen LogP contribution in [0.4, 0.5) is 5.69 Å². The molecule has 1 fully saturated rings. The van der Waals surface area contributed by atoms with E-state index in [1.54, 1.807) is 41.9 Å². The van der Waals surface area contributed by atoms with Gasteiger partial charge < -0.3 is 4.90 Å². The lowest BCUT2D eigenvalue weighted by Crippen LogP contribution is -2.48. The molecular formula is C20H25N3O4S. The zero-order chi connectivity index (χ0) is 20.1. The van der Waals surface area contributed by atoms with Crippen molar-refractivity contribution in [3.63, 3.8) is 0 Å². The molecule has 1 saturated heterocycles. The van der Waals surface area contributed by atoms with Crippen molar-refractivity contribution < 1.29 is 18.4 Å². The first kappa shape index (κ1) is 20.3. The molecule has 3 rings (SSSR count). The van der Waals surface area contributed by atoms with E-state index >= 15 is 0 Å². The summed E-state index contributed by atoms with van der Waals surface area (Å²) < 4.78 is 27.3. The minimum atomic E-state index is -3.49. The van der Waals surface area contributed by atoms with Gasteiger partial charge in [-0.15, -0.1) is 0 Å². The van der Waals surface area contributed by atoms with Crippen molar-refractivity contribution in [2.45, 2.75) is 24.7 Å². The summed E-state index contributed by atoms with van der Waals surface area (Å²) in [5.41, 5.74) is 4.02. The number of carbonyl (C=O) groups is 1. The molecule has 2 N–H and O–H groups in total. The summed E-state index contributed by atoms with van der Waals surface area (Å²) in [6.07, 6.45) is 1.97. The summed E-state index contributed by atoms with van der Waals surface area (Å²) in [5, 5.41) is 8.68. The molecule has 28 heavy (non-hydrogen) atoms. The van der Waals surface area contributed by atoms with Crippen molar-refractivity contribution in [3.8, 4) is 0 Å². The largest absolute Gasteiger partial charge is 0.369 e. The first-order valence-electron chi connectivity index (χ1n) is 9.34. The maximum absolute atomic E-state index is 12.9. The molecule has 0 atom stereocenters. The zero-order valence-corrected chi connectivity index (χ0v) is 16.7. The van der Waals surface area contributed by atoms with Crippen LogP contribution in [0.3, 0.4) is 0 Å². The third-order valence-electron chi connectivity index (χ3n) is 4.93. The fraction of sp³-hybridized carbons (Fsp3) is 0.350. The van der Waals surface area contributed by atoms with Crippen LogP contribution in [0.1, 0.15) is 29.3 Å². The van der Waals surface area contributed by atoms with E-state index < -0.39 is 15.9 Å². The molecule has 0 unspecified atom stereocenters. The maximum Gasteiger partial charge on any atom is 0.274 e. The van der Waals surface area contributed by atoms with Gasteiger partial charge in [0, 0.05) is 37.4 Å². The van der Waals surface area contributed by atoms with Gasteiger partial charge in [-0.05, 0) is 48.4 Å². The molecule has 7 nitrogen and oxygen atoms in total. The van der Waals surface area contributed by atoms with Crippen molar-refractivity contribution in [2.75, 3.05) is 31.1 Å². The fourth-order valence-corrected chi connectivity index (χ4v) is 4.76. The van der Waals surface area contributed by atoms with Crippen LogP contribution >= 0.6 is 0 Å². The summed E-state index contributed by atoms with van der Waals surface area (Å²) in [6, 6.07) is 14.0. The van der Waals surface area contributed by atoms with E-state index in [1.165, 1.54) is 4.31 Å². The van der Waals surface area contributed by atoms with E-state index in [9.17, 15) is 13.2 Å². The Kier molecular flexibility index (Phi) is 6.33. The standard InChI is InChI=1S/C20H25N3O4S/c1-2-3-16-4-10-19(11-5-16)28(26,27)23-14-12-22(13-15-23)18-8-6-17(7-9-18)20(24)21-25/h4-11,25H,2-3,12-15H2,1H3,(H,21,24). The number of hydrogen-bond acceptors (Lipinski definition) is 5. The molecule has 150 valence electrons. The van der Waals surface area contributed by atoms with E-state index in [4.69, 9.17) is 5.21 Å². The topological polar surface area (TPSA) is 90.0 Å². The number of aryl methyl sites for hydroxylation is 1. The van der Waals surface area contributed by atoms with E-state index in [-0.39, 0.29) is 0 Å². The molecule has 1 amide bonds. The number of hydroxylamine groups is 1. The van der Waals surface area contributed by atoms with Gasteiger partial charge >= 0.3 is 0 Å². The fourth-order valence-electron chi connectivity index (χ4n) is 3.34. The number of rotatable bonds is 6. The van der Waals surface area contributed by atoms with Gasteiger partial charge in [-0.2, -0.15) is 4.31 Å². The second kappa shape index (κ2) is 8.72. The molecule has 2 aromatic rings. The van der Waals surface area contributed by atoms with E-state index in [0.717, 1.165) is 24.1 Å². The van der Waals surface area contributed by atoms with Gasteiger partial charge in [-0.25, -0.2) is 13.9 Å². The smallest absolute Gasteiger partial charge is 0.274 e. The van der Waals surface area contributed by atoms with Crippen molar-refractivity contribution in [1.29, 1.82) is 0 Å². The van der Waals surface area contributed by atoms with Crippen molar-refractivity contribution in [3.05, 3.63) is 59.7 Å². The molecule has 1 aliphatic rings. The van der Waals surface area contributed by atoms with Crippen LogP contribution in [-0.4, -0.2) is 50.0 Å². The van der Waals surface area contributed by atoms with Crippen molar-refractivity contribution in [1.82, 2.24) is 9.79 Å². The van der Waals surface area contributed by atoms with Crippen LogP contribution in [0.25, 0.3) is 0 Å². The number of nitrogens with zero attached hydrogens (tertiary/aromatic N) is 2. The number of anilines is 1. The summed E-state index contributed by atoms with van der Waals surface area (Å²) >= 11 is 0. The van der Waals surface area contributed by atoms with Crippen LogP contribution in [0.15, 0.2) is 53.4 Å². The normalized spacial score (nSPS) is 15.4. The molecule has 0 bridgehead atoms. The number of carbonyl (C=O) groups excluding carboxylic acids is 1. The Bertz CT molecular complexity index is 903. The van der Waals surface area contributed by atoms with Crippen LogP contribution in [0.2, 0.25) is 0 Å². The summed E-state index contributed by atoms with van der Waals surface area (Å²) in [4.78, 5) is 13.8. The number of sulfonamides is 1. The SMILES string of the molecule is CCCc1ccc(S(=O)(=O)N2CCN(c3ccc(C(=O)NO)cc3)CC2)cc1. The second-order valence-electron chi connectivity index (χ2n) is 6.77. The Balaban J connectivity index is 1.64. The molecule has 0 radical (unpaired) electrons. The zero-order valence-electron chi connectivity index (χ0n) is 15.8. The molecule has 2 aromatic carbocycles. The Morgan fingerprint density at radius 3 is 2.14 bits per heavy atom. The lowest BCUT2D eigenvalue weighted by molar-refractivity contribution is 0.0706. The average Bonchev–Trinajstić information content (AvgIpc) is 2.74. The predicted molar refractivity (Wildman–Crippen MR) is 107 cm³/mol. The average molecular weight is 404 g/mol. The van der Waals surface area contributed by atoms with Crippen LogP contribution in [-0.2, 0) is 16.4 Å². The molecule has 0 aromatic heterocycles. The quantitative estimate of drug-likeness (QED) is 0.570. The molecule has 0 spiro atoms. The summed E-state index contributed by atoms with van der Waals surface area (Å²) in [5.74, 6) is -0.563. The third-order valence-corrected chi connectivity index (χ3v) is 6.85.